The van der Waals surface area contributed by atoms with Crippen molar-refractivity contribution in [3.63, 3.8) is 0 Å². The Hall–Kier alpha value is -3.03. The summed E-state index contributed by atoms with van der Waals surface area (Å²) in [6, 6.07) is 6.25. The molecule has 1 atom stereocenters. The molecule has 1 amide bonds. The van der Waals surface area contributed by atoms with Gasteiger partial charge in [-0.25, -0.2) is 14.4 Å². The van der Waals surface area contributed by atoms with Crippen molar-refractivity contribution in [1.29, 1.82) is 0 Å². The average Bonchev–Trinajstić information content (AvgIpc) is 3.30. The summed E-state index contributed by atoms with van der Waals surface area (Å²) in [6.45, 7) is 0.968. The summed E-state index contributed by atoms with van der Waals surface area (Å²) in [6.07, 6.45) is 5.81. The maximum atomic E-state index is 12.9. The molecule has 0 saturated carbocycles. The number of H-pyrrole nitrogens is 1. The molecule has 3 heterocycles. The first-order valence-electron chi connectivity index (χ1n) is 8.60. The average molecular weight is 354 g/mol. The first-order valence-corrected chi connectivity index (χ1v) is 8.60. The lowest BCUT2D eigenvalue weighted by molar-refractivity contribution is -0.126. The minimum absolute atomic E-state index is 0.0147. The minimum Gasteiger partial charge on any atom is -0.349 e. The minimum atomic E-state index is -0.266. The second kappa shape index (κ2) is 7.07. The molecule has 1 aliphatic rings. The summed E-state index contributed by atoms with van der Waals surface area (Å²) in [5.74, 6) is 1.95. The van der Waals surface area contributed by atoms with E-state index in [4.69, 9.17) is 0 Å². The maximum Gasteiger partial charge on any atom is 0.225 e. The number of halogens is 1. The molecule has 134 valence electrons. The molecule has 2 aromatic heterocycles. The largest absolute Gasteiger partial charge is 0.349 e. The molecule has 0 saturated heterocycles. The van der Waals surface area contributed by atoms with Gasteiger partial charge in [0, 0.05) is 31.8 Å². The zero-order valence-corrected chi connectivity index (χ0v) is 14.2. The second-order valence-corrected chi connectivity index (χ2v) is 6.45. The number of aromatic amines is 1. The molecular formula is C18H19FN6O. The molecule has 26 heavy (non-hydrogen) atoms. The molecule has 2 N–H and O–H groups in total. The van der Waals surface area contributed by atoms with E-state index in [9.17, 15) is 9.18 Å². The predicted molar refractivity (Wildman–Crippen MR) is 91.5 cm³/mol. The maximum absolute atomic E-state index is 12.9. The van der Waals surface area contributed by atoms with Gasteiger partial charge in [0.1, 0.15) is 17.5 Å². The van der Waals surface area contributed by atoms with Crippen LogP contribution in [0.5, 0.6) is 0 Å². The highest BCUT2D eigenvalue weighted by Gasteiger charge is 2.24. The Morgan fingerprint density at radius 1 is 1.35 bits per heavy atom. The van der Waals surface area contributed by atoms with Crippen molar-refractivity contribution in [2.75, 3.05) is 0 Å². The molecule has 0 fully saturated rings. The number of carbonyl (C=O) groups is 1. The van der Waals surface area contributed by atoms with Crippen LogP contribution in [-0.4, -0.2) is 30.6 Å². The predicted octanol–water partition coefficient (Wildman–Crippen LogP) is 1.61. The molecule has 7 nitrogen and oxygen atoms in total. The molecule has 1 aromatic carbocycles. The van der Waals surface area contributed by atoms with Gasteiger partial charge < -0.3 is 9.88 Å². The quantitative estimate of drug-likeness (QED) is 0.729. The summed E-state index contributed by atoms with van der Waals surface area (Å²) in [5.41, 5.74) is 0.930. The Morgan fingerprint density at radius 2 is 2.19 bits per heavy atom. The highest BCUT2D eigenvalue weighted by atomic mass is 19.1. The number of benzene rings is 1. The molecule has 3 aromatic rings. The second-order valence-electron chi connectivity index (χ2n) is 6.45. The number of amides is 1. The third-order valence-corrected chi connectivity index (χ3v) is 4.59. The van der Waals surface area contributed by atoms with Crippen LogP contribution in [-0.2, 0) is 30.7 Å². The van der Waals surface area contributed by atoms with Crippen molar-refractivity contribution in [3.8, 4) is 0 Å². The van der Waals surface area contributed by atoms with E-state index in [1.54, 1.807) is 18.3 Å². The van der Waals surface area contributed by atoms with Gasteiger partial charge in [-0.3, -0.25) is 9.89 Å². The standard InChI is InChI=1S/C18H19FN6O/c19-14-4-1-12(2-5-14)9-15-22-16(24-23-15)10-21-18(26)13-3-6-17-20-7-8-25(17)11-13/h1-2,4-5,7-8,13H,3,6,9-11H2,(H,21,26)(H,22,23,24). The number of imidazole rings is 1. The zero-order chi connectivity index (χ0) is 17.9. The Bertz CT molecular complexity index is 901. The van der Waals surface area contributed by atoms with Gasteiger partial charge in [0.15, 0.2) is 5.82 Å². The van der Waals surface area contributed by atoms with Crippen LogP contribution >= 0.6 is 0 Å². The van der Waals surface area contributed by atoms with Crippen LogP contribution in [0, 0.1) is 11.7 Å². The van der Waals surface area contributed by atoms with Gasteiger partial charge >= 0.3 is 0 Å². The van der Waals surface area contributed by atoms with E-state index >= 15 is 0 Å². The third-order valence-electron chi connectivity index (χ3n) is 4.59. The van der Waals surface area contributed by atoms with Gasteiger partial charge in [-0.1, -0.05) is 12.1 Å². The van der Waals surface area contributed by atoms with Crippen molar-refractivity contribution in [2.45, 2.75) is 32.4 Å². The smallest absolute Gasteiger partial charge is 0.225 e. The summed E-state index contributed by atoms with van der Waals surface area (Å²) < 4.78 is 15.0. The number of nitrogens with zero attached hydrogens (tertiary/aromatic N) is 4. The molecule has 0 radical (unpaired) electrons. The van der Waals surface area contributed by atoms with E-state index in [0.717, 1.165) is 24.2 Å². The number of aromatic nitrogens is 5. The molecule has 8 heteroatoms. The van der Waals surface area contributed by atoms with Gasteiger partial charge in [0.05, 0.1) is 12.5 Å². The lowest BCUT2D eigenvalue weighted by atomic mass is 9.98. The summed E-state index contributed by atoms with van der Waals surface area (Å²) in [5, 5.41) is 9.92. The number of aryl methyl sites for hydroxylation is 1. The Kier molecular flexibility index (Phi) is 4.47. The highest BCUT2D eigenvalue weighted by molar-refractivity contribution is 5.78. The van der Waals surface area contributed by atoms with Gasteiger partial charge in [-0.05, 0) is 24.1 Å². The number of carbonyl (C=O) groups excluding carboxylic acids is 1. The topological polar surface area (TPSA) is 88.5 Å². The molecule has 1 unspecified atom stereocenters. The van der Waals surface area contributed by atoms with Crippen molar-refractivity contribution in [3.05, 3.63) is 65.5 Å². The Balaban J connectivity index is 1.30. The van der Waals surface area contributed by atoms with Crippen molar-refractivity contribution in [2.24, 2.45) is 5.92 Å². The van der Waals surface area contributed by atoms with E-state index in [1.807, 2.05) is 10.8 Å². The Labute approximate surface area is 149 Å². The third kappa shape index (κ3) is 3.63. The first kappa shape index (κ1) is 16.4. The molecule has 0 aliphatic carbocycles. The summed E-state index contributed by atoms with van der Waals surface area (Å²) in [4.78, 5) is 21.0. The van der Waals surface area contributed by atoms with Crippen LogP contribution in [0.1, 0.15) is 29.5 Å². The Morgan fingerprint density at radius 3 is 3.04 bits per heavy atom. The van der Waals surface area contributed by atoms with Crippen LogP contribution < -0.4 is 5.32 Å². The molecule has 4 rings (SSSR count). The monoisotopic (exact) mass is 354 g/mol. The molecule has 1 aliphatic heterocycles. The van der Waals surface area contributed by atoms with Gasteiger partial charge in [-0.15, -0.1) is 0 Å². The van der Waals surface area contributed by atoms with Gasteiger partial charge in [-0.2, -0.15) is 5.10 Å². The van der Waals surface area contributed by atoms with E-state index in [-0.39, 0.29) is 17.6 Å². The number of hydrogen-bond donors (Lipinski definition) is 2. The van der Waals surface area contributed by atoms with Crippen molar-refractivity contribution in [1.82, 2.24) is 30.0 Å². The summed E-state index contributed by atoms with van der Waals surface area (Å²) in [7, 11) is 0. The summed E-state index contributed by atoms with van der Waals surface area (Å²) >= 11 is 0. The van der Waals surface area contributed by atoms with Crippen LogP contribution in [0.4, 0.5) is 4.39 Å². The van der Waals surface area contributed by atoms with Crippen molar-refractivity contribution >= 4 is 5.91 Å². The van der Waals surface area contributed by atoms with E-state index in [1.165, 1.54) is 12.1 Å². The zero-order valence-electron chi connectivity index (χ0n) is 14.2. The van der Waals surface area contributed by atoms with E-state index in [2.05, 4.69) is 25.5 Å². The number of nitrogens with one attached hydrogen (secondary N) is 2. The van der Waals surface area contributed by atoms with Crippen LogP contribution in [0.2, 0.25) is 0 Å². The molecule has 0 spiro atoms. The van der Waals surface area contributed by atoms with Crippen LogP contribution in [0.15, 0.2) is 36.7 Å². The SMILES string of the molecule is O=C(NCc1nc(Cc2ccc(F)cc2)n[nH]1)C1CCc2nccn2C1. The fourth-order valence-electron chi connectivity index (χ4n) is 3.17. The van der Waals surface area contributed by atoms with Gasteiger partial charge in [0.25, 0.3) is 0 Å². The fourth-order valence-corrected chi connectivity index (χ4v) is 3.17. The highest BCUT2D eigenvalue weighted by Crippen LogP contribution is 2.18. The van der Waals surface area contributed by atoms with Crippen LogP contribution in [0.25, 0.3) is 0 Å². The number of fused-ring (bicyclic) bond motifs is 1. The normalized spacial score (nSPS) is 16.3. The molecular weight excluding hydrogens is 335 g/mol. The lowest BCUT2D eigenvalue weighted by Gasteiger charge is -2.22. The van der Waals surface area contributed by atoms with Gasteiger partial charge in [0.2, 0.25) is 5.91 Å². The first-order chi connectivity index (χ1) is 12.7. The lowest BCUT2D eigenvalue weighted by Crippen LogP contribution is -2.35. The number of rotatable bonds is 5. The van der Waals surface area contributed by atoms with E-state index in [0.29, 0.717) is 31.2 Å². The molecule has 0 bridgehead atoms. The number of hydrogen-bond acceptors (Lipinski definition) is 4. The van der Waals surface area contributed by atoms with Crippen LogP contribution in [0.3, 0.4) is 0 Å². The van der Waals surface area contributed by atoms with E-state index < -0.39 is 0 Å². The fraction of sp³-hybridized carbons (Fsp3) is 0.333. The van der Waals surface area contributed by atoms with Crippen molar-refractivity contribution < 1.29 is 9.18 Å².